The summed E-state index contributed by atoms with van der Waals surface area (Å²) in [6.45, 7) is 1.75. The predicted octanol–water partition coefficient (Wildman–Crippen LogP) is 1.74. The van der Waals surface area contributed by atoms with Gasteiger partial charge in [-0.05, 0) is 24.6 Å². The molecule has 16 heavy (non-hydrogen) atoms. The molecule has 0 fully saturated rings. The van der Waals surface area contributed by atoms with Crippen molar-refractivity contribution in [2.75, 3.05) is 0 Å². The number of benzene rings is 1. The van der Waals surface area contributed by atoms with Crippen molar-refractivity contribution in [2.45, 2.75) is 19.4 Å². The van der Waals surface area contributed by atoms with E-state index in [-0.39, 0.29) is 5.75 Å². The number of hydrazine groups is 1. The Balaban J connectivity index is 2.82. The third-order valence-corrected chi connectivity index (χ3v) is 2.46. The van der Waals surface area contributed by atoms with Crippen molar-refractivity contribution in [3.05, 3.63) is 28.5 Å². The van der Waals surface area contributed by atoms with Gasteiger partial charge in [-0.2, -0.15) is 0 Å². The number of ether oxygens (including phenoxy) is 1. The molecule has 0 aliphatic carbocycles. The number of carbonyl (C=O) groups excluding carboxylic acids is 1. The maximum Gasteiger partial charge on any atom is 0.274 e. The Hall–Kier alpha value is -1.14. The molecule has 88 valence electrons. The molecular formula is C10H12BrFN2O2. The molecule has 1 atom stereocenters. The van der Waals surface area contributed by atoms with Gasteiger partial charge in [-0.15, -0.1) is 0 Å². The van der Waals surface area contributed by atoms with Gasteiger partial charge in [0, 0.05) is 4.47 Å². The highest BCUT2D eigenvalue weighted by Gasteiger charge is 2.18. The van der Waals surface area contributed by atoms with Crippen LogP contribution in [0.1, 0.15) is 13.3 Å². The highest BCUT2D eigenvalue weighted by Crippen LogP contribution is 2.22. The second-order valence-electron chi connectivity index (χ2n) is 3.10. The molecule has 6 heteroatoms. The predicted molar refractivity (Wildman–Crippen MR) is 61.1 cm³/mol. The van der Waals surface area contributed by atoms with Crippen molar-refractivity contribution in [3.8, 4) is 5.75 Å². The molecule has 0 bridgehead atoms. The van der Waals surface area contributed by atoms with Crippen molar-refractivity contribution < 1.29 is 13.9 Å². The fourth-order valence-corrected chi connectivity index (χ4v) is 1.47. The Morgan fingerprint density at radius 3 is 2.88 bits per heavy atom. The van der Waals surface area contributed by atoms with Gasteiger partial charge >= 0.3 is 0 Å². The van der Waals surface area contributed by atoms with E-state index in [0.29, 0.717) is 10.9 Å². The van der Waals surface area contributed by atoms with Gasteiger partial charge in [-0.3, -0.25) is 10.2 Å². The van der Waals surface area contributed by atoms with Crippen molar-refractivity contribution in [1.29, 1.82) is 0 Å². The Bertz CT molecular complexity index is 387. The molecule has 0 aliphatic rings. The number of hydrogen-bond acceptors (Lipinski definition) is 3. The van der Waals surface area contributed by atoms with Gasteiger partial charge in [0.15, 0.2) is 17.7 Å². The molecular weight excluding hydrogens is 279 g/mol. The van der Waals surface area contributed by atoms with E-state index in [0.717, 1.165) is 0 Å². The summed E-state index contributed by atoms with van der Waals surface area (Å²) in [6.07, 6.45) is -0.390. The maximum absolute atomic E-state index is 13.4. The maximum atomic E-state index is 13.4. The van der Waals surface area contributed by atoms with E-state index in [1.165, 1.54) is 12.1 Å². The summed E-state index contributed by atoms with van der Waals surface area (Å²) in [5.41, 5.74) is 1.97. The van der Waals surface area contributed by atoms with E-state index in [2.05, 4.69) is 15.9 Å². The van der Waals surface area contributed by atoms with E-state index >= 15 is 0 Å². The van der Waals surface area contributed by atoms with Crippen molar-refractivity contribution >= 4 is 21.8 Å². The molecule has 0 radical (unpaired) electrons. The lowest BCUT2D eigenvalue weighted by Gasteiger charge is -2.16. The second-order valence-corrected chi connectivity index (χ2v) is 4.01. The minimum atomic E-state index is -0.791. The first-order chi connectivity index (χ1) is 7.58. The lowest BCUT2D eigenvalue weighted by Crippen LogP contribution is -2.41. The summed E-state index contributed by atoms with van der Waals surface area (Å²) in [5.74, 6) is 4.00. The van der Waals surface area contributed by atoms with Crippen LogP contribution in [0.3, 0.4) is 0 Å². The average Bonchev–Trinajstić information content (AvgIpc) is 2.27. The number of nitrogens with one attached hydrogen (secondary N) is 1. The monoisotopic (exact) mass is 290 g/mol. The lowest BCUT2D eigenvalue weighted by atomic mass is 10.2. The van der Waals surface area contributed by atoms with Gasteiger partial charge in [0.1, 0.15) is 0 Å². The van der Waals surface area contributed by atoms with E-state index in [4.69, 9.17) is 10.6 Å². The Morgan fingerprint density at radius 2 is 2.38 bits per heavy atom. The lowest BCUT2D eigenvalue weighted by molar-refractivity contribution is -0.128. The molecule has 0 heterocycles. The summed E-state index contributed by atoms with van der Waals surface area (Å²) in [5, 5.41) is 0. The van der Waals surface area contributed by atoms with Crippen LogP contribution in [0.2, 0.25) is 0 Å². The third kappa shape index (κ3) is 3.18. The molecule has 4 nitrogen and oxygen atoms in total. The van der Waals surface area contributed by atoms with E-state index in [9.17, 15) is 9.18 Å². The average molecular weight is 291 g/mol. The van der Waals surface area contributed by atoms with Crippen LogP contribution in [-0.2, 0) is 4.79 Å². The van der Waals surface area contributed by atoms with E-state index in [1.807, 2.05) is 5.43 Å². The van der Waals surface area contributed by atoms with Gasteiger partial charge in [-0.25, -0.2) is 10.2 Å². The Labute approximate surface area is 101 Å². The fourth-order valence-electron chi connectivity index (χ4n) is 1.14. The molecule has 1 aromatic carbocycles. The molecule has 1 unspecified atom stereocenters. The molecule has 3 N–H and O–H groups in total. The zero-order valence-electron chi connectivity index (χ0n) is 8.67. The van der Waals surface area contributed by atoms with Crippen molar-refractivity contribution in [3.63, 3.8) is 0 Å². The van der Waals surface area contributed by atoms with Crippen LogP contribution in [-0.4, -0.2) is 12.0 Å². The minimum Gasteiger partial charge on any atom is -0.477 e. The molecule has 0 spiro atoms. The summed E-state index contributed by atoms with van der Waals surface area (Å²) in [6, 6.07) is 4.35. The van der Waals surface area contributed by atoms with Gasteiger partial charge in [0.25, 0.3) is 5.91 Å². The van der Waals surface area contributed by atoms with Crippen LogP contribution < -0.4 is 16.0 Å². The number of amides is 1. The topological polar surface area (TPSA) is 64.3 Å². The normalized spacial score (nSPS) is 12.0. The highest BCUT2D eigenvalue weighted by atomic mass is 79.9. The van der Waals surface area contributed by atoms with Crippen LogP contribution in [0, 0.1) is 5.82 Å². The molecule has 0 saturated carbocycles. The molecule has 0 aliphatic heterocycles. The second kappa shape index (κ2) is 5.81. The molecule has 1 amide bonds. The standard InChI is InChI=1S/C10H12BrFN2O2/c1-2-8(10(15)14-13)16-9-4-3-6(11)5-7(9)12/h3-5,8H,2,13H2,1H3,(H,14,15). The summed E-state index contributed by atoms with van der Waals surface area (Å²) in [4.78, 5) is 11.2. The summed E-state index contributed by atoms with van der Waals surface area (Å²) in [7, 11) is 0. The molecule has 0 saturated heterocycles. The van der Waals surface area contributed by atoms with Crippen LogP contribution >= 0.6 is 15.9 Å². The van der Waals surface area contributed by atoms with Crippen LogP contribution in [0.25, 0.3) is 0 Å². The first-order valence-electron chi connectivity index (χ1n) is 4.70. The first-order valence-corrected chi connectivity index (χ1v) is 5.50. The molecule has 1 rings (SSSR count). The van der Waals surface area contributed by atoms with Gasteiger partial charge in [0.05, 0.1) is 0 Å². The summed E-state index contributed by atoms with van der Waals surface area (Å²) < 4.78 is 19.2. The summed E-state index contributed by atoms with van der Waals surface area (Å²) >= 11 is 3.13. The van der Waals surface area contributed by atoms with Crippen LogP contribution in [0.15, 0.2) is 22.7 Å². The first kappa shape index (κ1) is 12.9. The fraction of sp³-hybridized carbons (Fsp3) is 0.300. The van der Waals surface area contributed by atoms with Crippen molar-refractivity contribution in [2.24, 2.45) is 5.84 Å². The van der Waals surface area contributed by atoms with Gasteiger partial charge in [0.2, 0.25) is 0 Å². The highest BCUT2D eigenvalue weighted by molar-refractivity contribution is 9.10. The largest absolute Gasteiger partial charge is 0.477 e. The van der Waals surface area contributed by atoms with E-state index in [1.54, 1.807) is 13.0 Å². The van der Waals surface area contributed by atoms with Gasteiger partial charge in [-0.1, -0.05) is 22.9 Å². The van der Waals surface area contributed by atoms with Crippen LogP contribution in [0.5, 0.6) is 5.75 Å². The number of nitrogens with two attached hydrogens (primary N) is 1. The minimum absolute atomic E-state index is 0.0265. The zero-order chi connectivity index (χ0) is 12.1. The SMILES string of the molecule is CCC(Oc1ccc(Br)cc1F)C(=O)NN. The molecule has 1 aromatic rings. The number of hydrogen-bond donors (Lipinski definition) is 2. The quantitative estimate of drug-likeness (QED) is 0.504. The third-order valence-electron chi connectivity index (χ3n) is 1.97. The van der Waals surface area contributed by atoms with Crippen LogP contribution in [0.4, 0.5) is 4.39 Å². The molecule has 0 aromatic heterocycles. The van der Waals surface area contributed by atoms with Crippen molar-refractivity contribution in [1.82, 2.24) is 5.43 Å². The van der Waals surface area contributed by atoms with E-state index < -0.39 is 17.8 Å². The Kier molecular flexibility index (Phi) is 4.70. The number of carbonyl (C=O) groups is 1. The zero-order valence-corrected chi connectivity index (χ0v) is 10.3. The smallest absolute Gasteiger partial charge is 0.274 e. The Morgan fingerprint density at radius 1 is 1.69 bits per heavy atom. The number of halogens is 2. The number of rotatable bonds is 4. The van der Waals surface area contributed by atoms with Gasteiger partial charge < -0.3 is 4.74 Å².